The number of hydrogen-bond acceptors (Lipinski definition) is 2. The normalized spacial score (nSPS) is 11.2. The first-order valence-electron chi connectivity index (χ1n) is 5.48. The van der Waals surface area contributed by atoms with Crippen molar-refractivity contribution in [1.29, 1.82) is 0 Å². The Balaban J connectivity index is 2.83. The summed E-state index contributed by atoms with van der Waals surface area (Å²) in [5.74, 6) is 1.21. The fourth-order valence-electron chi connectivity index (χ4n) is 1.46. The number of terminal acetylenes is 1. The summed E-state index contributed by atoms with van der Waals surface area (Å²) in [7, 11) is 0. The zero-order chi connectivity index (χ0) is 14.4. The predicted octanol–water partition coefficient (Wildman–Crippen LogP) is 2.57. The fourth-order valence-corrected chi connectivity index (χ4v) is 1.71. The fraction of sp³-hybridized carbons (Fsp3) is 0.231. The number of carboxylic acid groups (broad SMARTS) is 1. The van der Waals surface area contributed by atoms with Gasteiger partial charge in [0.1, 0.15) is 5.56 Å². The molecule has 0 fully saturated rings. The van der Waals surface area contributed by atoms with Crippen molar-refractivity contribution in [3.8, 4) is 12.3 Å². The molecule has 0 aliphatic carbocycles. The Morgan fingerprint density at radius 3 is 2.79 bits per heavy atom. The van der Waals surface area contributed by atoms with Crippen molar-refractivity contribution in [3.63, 3.8) is 0 Å². The van der Waals surface area contributed by atoms with Gasteiger partial charge in [0, 0.05) is 12.5 Å². The van der Waals surface area contributed by atoms with Crippen LogP contribution in [0.3, 0.4) is 0 Å². The van der Waals surface area contributed by atoms with Crippen molar-refractivity contribution in [3.05, 3.63) is 28.8 Å². The van der Waals surface area contributed by atoms with Crippen LogP contribution in [0.5, 0.6) is 0 Å². The lowest BCUT2D eigenvalue weighted by Crippen LogP contribution is -2.36. The minimum Gasteiger partial charge on any atom is -0.478 e. The average Bonchev–Trinajstić information content (AvgIpc) is 2.28. The minimum absolute atomic E-state index is 0.0574. The summed E-state index contributed by atoms with van der Waals surface area (Å²) in [6.07, 6.45) is 5.51. The van der Waals surface area contributed by atoms with Crippen molar-refractivity contribution in [1.82, 2.24) is 5.32 Å². The van der Waals surface area contributed by atoms with Crippen LogP contribution in [-0.2, 0) is 0 Å². The molecule has 1 atom stereocenters. The smallest absolute Gasteiger partial charge is 0.339 e. The van der Waals surface area contributed by atoms with E-state index in [0.717, 1.165) is 0 Å². The van der Waals surface area contributed by atoms with E-state index < -0.39 is 12.0 Å². The molecule has 6 heteroatoms. The number of halogens is 1. The molecule has 1 unspecified atom stereocenters. The predicted molar refractivity (Wildman–Crippen MR) is 73.5 cm³/mol. The molecule has 19 heavy (non-hydrogen) atoms. The third-order valence-electron chi connectivity index (χ3n) is 2.28. The molecular weight excluding hydrogens is 268 g/mol. The van der Waals surface area contributed by atoms with E-state index in [1.54, 1.807) is 13.0 Å². The SMILES string of the molecule is C#CCC(C)NC(=O)Nc1cccc(Cl)c1C(=O)O. The van der Waals surface area contributed by atoms with Crippen LogP contribution in [0.2, 0.25) is 5.02 Å². The van der Waals surface area contributed by atoms with E-state index >= 15 is 0 Å². The summed E-state index contributed by atoms with van der Waals surface area (Å²) in [5.41, 5.74) is -0.0191. The lowest BCUT2D eigenvalue weighted by atomic mass is 10.2. The molecule has 100 valence electrons. The van der Waals surface area contributed by atoms with E-state index in [9.17, 15) is 9.59 Å². The van der Waals surface area contributed by atoms with Gasteiger partial charge in [0.25, 0.3) is 0 Å². The Labute approximate surface area is 116 Å². The van der Waals surface area contributed by atoms with E-state index in [1.807, 2.05) is 0 Å². The molecule has 0 aliphatic rings. The molecule has 0 aromatic heterocycles. The van der Waals surface area contributed by atoms with Gasteiger partial charge < -0.3 is 15.7 Å². The van der Waals surface area contributed by atoms with Gasteiger partial charge in [0.05, 0.1) is 10.7 Å². The first kappa shape index (κ1) is 14.9. The largest absolute Gasteiger partial charge is 0.478 e. The monoisotopic (exact) mass is 280 g/mol. The Kier molecular flexibility index (Phi) is 5.22. The number of benzene rings is 1. The van der Waals surface area contributed by atoms with Crippen molar-refractivity contribution in [2.75, 3.05) is 5.32 Å². The molecular formula is C13H13ClN2O3. The van der Waals surface area contributed by atoms with Crippen LogP contribution in [-0.4, -0.2) is 23.1 Å². The molecule has 5 nitrogen and oxygen atoms in total. The Morgan fingerprint density at radius 2 is 2.21 bits per heavy atom. The molecule has 0 aliphatic heterocycles. The van der Waals surface area contributed by atoms with Crippen LogP contribution in [0.1, 0.15) is 23.7 Å². The summed E-state index contributed by atoms with van der Waals surface area (Å²) >= 11 is 5.78. The highest BCUT2D eigenvalue weighted by Crippen LogP contribution is 2.24. The third-order valence-corrected chi connectivity index (χ3v) is 2.59. The minimum atomic E-state index is -1.21. The maximum absolute atomic E-state index is 11.7. The quantitative estimate of drug-likeness (QED) is 0.742. The standard InChI is InChI=1S/C13H13ClN2O3/c1-3-5-8(2)15-13(19)16-10-7-4-6-9(14)11(10)12(17)18/h1,4,6-8H,5H2,2H3,(H,17,18)(H2,15,16,19). The van der Waals surface area contributed by atoms with Crippen LogP contribution in [0.25, 0.3) is 0 Å². The first-order chi connectivity index (χ1) is 8.95. The molecule has 1 rings (SSSR count). The number of rotatable bonds is 4. The Morgan fingerprint density at radius 1 is 1.53 bits per heavy atom. The summed E-state index contributed by atoms with van der Waals surface area (Å²) in [5, 5.41) is 14.1. The van der Waals surface area contributed by atoms with Gasteiger partial charge in [-0.2, -0.15) is 0 Å². The summed E-state index contributed by atoms with van der Waals surface area (Å²) in [4.78, 5) is 22.7. The molecule has 0 heterocycles. The van der Waals surface area contributed by atoms with Crippen LogP contribution < -0.4 is 10.6 Å². The van der Waals surface area contributed by atoms with Crippen molar-refractivity contribution in [2.45, 2.75) is 19.4 Å². The molecule has 2 amide bonds. The lowest BCUT2D eigenvalue weighted by Gasteiger charge is -2.13. The molecule has 1 aromatic carbocycles. The van der Waals surface area contributed by atoms with E-state index in [0.29, 0.717) is 6.42 Å². The van der Waals surface area contributed by atoms with Gasteiger partial charge in [-0.3, -0.25) is 0 Å². The maximum atomic E-state index is 11.7. The van der Waals surface area contributed by atoms with Crippen LogP contribution in [0.4, 0.5) is 10.5 Å². The van der Waals surface area contributed by atoms with Crippen LogP contribution in [0, 0.1) is 12.3 Å². The van der Waals surface area contributed by atoms with Crippen molar-refractivity contribution in [2.24, 2.45) is 0 Å². The zero-order valence-electron chi connectivity index (χ0n) is 10.2. The number of amides is 2. The number of carbonyl (C=O) groups excluding carboxylic acids is 1. The number of carboxylic acids is 1. The maximum Gasteiger partial charge on any atom is 0.339 e. The third kappa shape index (κ3) is 4.19. The first-order valence-corrected chi connectivity index (χ1v) is 5.86. The zero-order valence-corrected chi connectivity index (χ0v) is 11.0. The van der Waals surface area contributed by atoms with Gasteiger partial charge in [0.2, 0.25) is 0 Å². The number of urea groups is 1. The highest BCUT2D eigenvalue weighted by molar-refractivity contribution is 6.34. The molecule has 3 N–H and O–H groups in total. The Hall–Kier alpha value is -2.19. The summed E-state index contributed by atoms with van der Waals surface area (Å²) < 4.78 is 0. The molecule has 0 saturated heterocycles. The number of anilines is 1. The van der Waals surface area contributed by atoms with E-state index in [-0.39, 0.29) is 22.3 Å². The lowest BCUT2D eigenvalue weighted by molar-refractivity contribution is 0.0698. The van der Waals surface area contributed by atoms with Gasteiger partial charge in [-0.05, 0) is 19.1 Å². The van der Waals surface area contributed by atoms with Gasteiger partial charge in [-0.25, -0.2) is 9.59 Å². The molecule has 1 aromatic rings. The van der Waals surface area contributed by atoms with Gasteiger partial charge in [-0.1, -0.05) is 17.7 Å². The Bertz CT molecular complexity index is 537. The molecule has 0 bridgehead atoms. The second kappa shape index (κ2) is 6.66. The van der Waals surface area contributed by atoms with Crippen LogP contribution in [0.15, 0.2) is 18.2 Å². The van der Waals surface area contributed by atoms with Crippen molar-refractivity contribution < 1.29 is 14.7 Å². The number of aromatic carboxylic acids is 1. The highest BCUT2D eigenvalue weighted by atomic mass is 35.5. The topological polar surface area (TPSA) is 78.4 Å². The second-order valence-electron chi connectivity index (χ2n) is 3.88. The number of carbonyl (C=O) groups is 2. The number of hydrogen-bond donors (Lipinski definition) is 3. The van der Waals surface area contributed by atoms with Crippen LogP contribution >= 0.6 is 11.6 Å². The average molecular weight is 281 g/mol. The van der Waals surface area contributed by atoms with Gasteiger partial charge in [-0.15, -0.1) is 12.3 Å². The van der Waals surface area contributed by atoms with Gasteiger partial charge >= 0.3 is 12.0 Å². The second-order valence-corrected chi connectivity index (χ2v) is 4.28. The molecule has 0 spiro atoms. The number of nitrogens with one attached hydrogen (secondary N) is 2. The highest BCUT2D eigenvalue weighted by Gasteiger charge is 2.16. The summed E-state index contributed by atoms with van der Waals surface area (Å²) in [6, 6.07) is 3.70. The molecule has 0 saturated carbocycles. The van der Waals surface area contributed by atoms with E-state index in [4.69, 9.17) is 23.1 Å². The van der Waals surface area contributed by atoms with Crippen molar-refractivity contribution >= 4 is 29.3 Å². The summed E-state index contributed by atoms with van der Waals surface area (Å²) in [6.45, 7) is 1.75. The van der Waals surface area contributed by atoms with E-state index in [2.05, 4.69) is 16.6 Å². The van der Waals surface area contributed by atoms with E-state index in [1.165, 1.54) is 12.1 Å². The molecule has 0 radical (unpaired) electrons. The van der Waals surface area contributed by atoms with Gasteiger partial charge in [0.15, 0.2) is 0 Å².